The van der Waals surface area contributed by atoms with Crippen molar-refractivity contribution in [2.75, 3.05) is 0 Å². The maximum atomic E-state index is 11.3. The van der Waals surface area contributed by atoms with Gasteiger partial charge in [0, 0.05) is 12.0 Å². The van der Waals surface area contributed by atoms with Gasteiger partial charge in [-0.25, -0.2) is 0 Å². The van der Waals surface area contributed by atoms with Crippen LogP contribution in [0.2, 0.25) is 0 Å². The van der Waals surface area contributed by atoms with Crippen LogP contribution in [0.3, 0.4) is 0 Å². The number of carbonyl (C=O) groups excluding carboxylic acids is 1. The Labute approximate surface area is 92.8 Å². The highest BCUT2D eigenvalue weighted by atomic mass is 35.5. The van der Waals surface area contributed by atoms with E-state index in [0.717, 1.165) is 0 Å². The first-order valence-corrected chi connectivity index (χ1v) is 4.92. The van der Waals surface area contributed by atoms with Crippen molar-refractivity contribution >= 4 is 34.1 Å². The largest absolute Gasteiger partial charge is 0.436 e. The fraction of sp³-hybridized carbons (Fsp3) is 0.200. The lowest BCUT2D eigenvalue weighted by Crippen LogP contribution is -1.98. The van der Waals surface area contributed by atoms with Gasteiger partial charge in [-0.3, -0.25) is 4.79 Å². The third kappa shape index (κ3) is 3.09. The number of ether oxygens (including phenoxy) is 1. The van der Waals surface area contributed by atoms with Gasteiger partial charge in [-0.2, -0.15) is 0 Å². The van der Waals surface area contributed by atoms with Crippen molar-refractivity contribution in [3.8, 4) is 5.75 Å². The van der Waals surface area contributed by atoms with Gasteiger partial charge in [0.1, 0.15) is 5.75 Å². The van der Waals surface area contributed by atoms with E-state index in [1.54, 1.807) is 24.3 Å². The maximum absolute atomic E-state index is 11.3. The van der Waals surface area contributed by atoms with Crippen LogP contribution in [-0.4, -0.2) is 10.3 Å². The number of hydrogen-bond acceptors (Lipinski definition) is 3. The first-order valence-electron chi connectivity index (χ1n) is 4.14. The SMILES string of the molecule is CCC(=O)c1ccc(OC(=S)Cl)cc1. The second kappa shape index (κ2) is 5.08. The molecule has 0 spiro atoms. The second-order valence-corrected chi connectivity index (χ2v) is 3.58. The van der Waals surface area contributed by atoms with Crippen LogP contribution in [0.4, 0.5) is 0 Å². The summed E-state index contributed by atoms with van der Waals surface area (Å²) in [5.74, 6) is 0.641. The molecule has 0 aliphatic rings. The Balaban J connectivity index is 2.78. The topological polar surface area (TPSA) is 26.3 Å². The van der Waals surface area contributed by atoms with E-state index in [1.165, 1.54) is 0 Å². The summed E-state index contributed by atoms with van der Waals surface area (Å²) in [6.07, 6.45) is 0.494. The van der Waals surface area contributed by atoms with E-state index in [1.807, 2.05) is 6.92 Å². The van der Waals surface area contributed by atoms with E-state index in [0.29, 0.717) is 17.7 Å². The quantitative estimate of drug-likeness (QED) is 0.452. The van der Waals surface area contributed by atoms with Crippen molar-refractivity contribution in [3.63, 3.8) is 0 Å². The van der Waals surface area contributed by atoms with Gasteiger partial charge in [-0.05, 0) is 48.1 Å². The molecule has 0 amide bonds. The Morgan fingerprint density at radius 3 is 2.43 bits per heavy atom. The van der Waals surface area contributed by atoms with Crippen molar-refractivity contribution in [1.29, 1.82) is 0 Å². The Morgan fingerprint density at radius 1 is 1.43 bits per heavy atom. The van der Waals surface area contributed by atoms with Crippen LogP contribution in [0.15, 0.2) is 24.3 Å². The minimum Gasteiger partial charge on any atom is -0.436 e. The van der Waals surface area contributed by atoms with E-state index in [4.69, 9.17) is 16.3 Å². The van der Waals surface area contributed by atoms with E-state index < -0.39 is 0 Å². The van der Waals surface area contributed by atoms with Crippen LogP contribution < -0.4 is 4.74 Å². The zero-order chi connectivity index (χ0) is 10.6. The van der Waals surface area contributed by atoms with Crippen molar-refractivity contribution in [3.05, 3.63) is 29.8 Å². The molecular weight excluding hydrogens is 220 g/mol. The Bertz CT molecular complexity index is 346. The molecule has 0 saturated carbocycles. The smallest absolute Gasteiger partial charge is 0.260 e. The standard InChI is InChI=1S/C10H9ClO2S/c1-2-9(12)7-3-5-8(6-4-7)13-10(11)14/h3-6H,2H2,1H3. The average Bonchev–Trinajstić information content (AvgIpc) is 2.17. The minimum absolute atomic E-state index is 0.0560. The molecule has 0 aromatic heterocycles. The summed E-state index contributed by atoms with van der Waals surface area (Å²) in [5.41, 5.74) is 0.667. The molecule has 14 heavy (non-hydrogen) atoms. The van der Waals surface area contributed by atoms with Crippen molar-refractivity contribution in [2.24, 2.45) is 0 Å². The molecule has 0 N–H and O–H groups in total. The van der Waals surface area contributed by atoms with Crippen molar-refractivity contribution < 1.29 is 9.53 Å². The summed E-state index contributed by atoms with van der Waals surface area (Å²) in [5, 5.41) is 0. The summed E-state index contributed by atoms with van der Waals surface area (Å²) in [4.78, 5) is 11.3. The number of Topliss-reactive ketones (excluding diaryl/α,β-unsaturated/α-hetero) is 1. The van der Waals surface area contributed by atoms with Gasteiger partial charge in [0.05, 0.1) is 0 Å². The van der Waals surface area contributed by atoms with E-state index in [9.17, 15) is 4.79 Å². The van der Waals surface area contributed by atoms with Gasteiger partial charge >= 0.3 is 0 Å². The first kappa shape index (κ1) is 11.1. The highest BCUT2D eigenvalue weighted by Crippen LogP contribution is 2.14. The summed E-state index contributed by atoms with van der Waals surface area (Å²) < 4.78 is 4.91. The van der Waals surface area contributed by atoms with Crippen LogP contribution >= 0.6 is 23.8 Å². The van der Waals surface area contributed by atoms with Gasteiger partial charge in [0.25, 0.3) is 4.51 Å². The molecule has 1 aromatic rings. The number of thiocarbonyl (C=S) groups is 1. The molecule has 1 aromatic carbocycles. The molecule has 0 aliphatic heterocycles. The van der Waals surface area contributed by atoms with Gasteiger partial charge in [0.2, 0.25) is 0 Å². The number of ketones is 1. The molecule has 0 aliphatic carbocycles. The lowest BCUT2D eigenvalue weighted by molar-refractivity contribution is 0.0988. The minimum atomic E-state index is -0.0560. The van der Waals surface area contributed by atoms with E-state index in [-0.39, 0.29) is 10.3 Å². The number of benzene rings is 1. The fourth-order valence-corrected chi connectivity index (χ4v) is 1.19. The molecule has 2 nitrogen and oxygen atoms in total. The van der Waals surface area contributed by atoms with E-state index in [2.05, 4.69) is 12.2 Å². The van der Waals surface area contributed by atoms with Crippen LogP contribution in [0, 0.1) is 0 Å². The third-order valence-corrected chi connectivity index (χ3v) is 1.86. The Hall–Kier alpha value is -0.930. The van der Waals surface area contributed by atoms with Crippen LogP contribution in [0.1, 0.15) is 23.7 Å². The third-order valence-electron chi connectivity index (χ3n) is 1.70. The Kier molecular flexibility index (Phi) is 4.04. The zero-order valence-electron chi connectivity index (χ0n) is 7.62. The van der Waals surface area contributed by atoms with E-state index >= 15 is 0 Å². The normalized spacial score (nSPS) is 9.57. The molecule has 0 unspecified atom stereocenters. The molecule has 1 rings (SSSR count). The number of rotatable bonds is 3. The van der Waals surface area contributed by atoms with Gasteiger partial charge in [0.15, 0.2) is 5.78 Å². The summed E-state index contributed by atoms with van der Waals surface area (Å²) >= 11 is 9.95. The van der Waals surface area contributed by atoms with Crippen molar-refractivity contribution in [2.45, 2.75) is 13.3 Å². The van der Waals surface area contributed by atoms with Crippen molar-refractivity contribution in [1.82, 2.24) is 0 Å². The Morgan fingerprint density at radius 2 is 2.00 bits per heavy atom. The molecule has 0 saturated heterocycles. The van der Waals surface area contributed by atoms with Crippen LogP contribution in [0.5, 0.6) is 5.75 Å². The van der Waals surface area contributed by atoms with Crippen LogP contribution in [-0.2, 0) is 0 Å². The number of hydrogen-bond donors (Lipinski definition) is 0. The highest BCUT2D eigenvalue weighted by Gasteiger charge is 2.03. The average molecular weight is 229 g/mol. The molecule has 0 bridgehead atoms. The molecule has 0 fully saturated rings. The van der Waals surface area contributed by atoms with Gasteiger partial charge < -0.3 is 4.74 Å². The fourth-order valence-electron chi connectivity index (χ4n) is 1.01. The molecule has 0 radical (unpaired) electrons. The number of carbonyl (C=O) groups is 1. The number of halogens is 1. The summed E-state index contributed by atoms with van der Waals surface area (Å²) in [6, 6.07) is 6.71. The lowest BCUT2D eigenvalue weighted by atomic mass is 10.1. The predicted molar refractivity (Wildman–Crippen MR) is 60.1 cm³/mol. The maximum Gasteiger partial charge on any atom is 0.260 e. The monoisotopic (exact) mass is 228 g/mol. The summed E-state index contributed by atoms with van der Waals surface area (Å²) in [6.45, 7) is 1.82. The molecule has 4 heteroatoms. The molecule has 0 atom stereocenters. The lowest BCUT2D eigenvalue weighted by Gasteiger charge is -2.02. The molecule has 74 valence electrons. The second-order valence-electron chi connectivity index (χ2n) is 2.64. The molecule has 0 heterocycles. The highest BCUT2D eigenvalue weighted by molar-refractivity contribution is 7.82. The first-order chi connectivity index (χ1) is 6.63. The van der Waals surface area contributed by atoms with Gasteiger partial charge in [-0.1, -0.05) is 6.92 Å². The molecular formula is C10H9ClO2S. The summed E-state index contributed by atoms with van der Waals surface area (Å²) in [7, 11) is 0. The van der Waals surface area contributed by atoms with Gasteiger partial charge in [-0.15, -0.1) is 0 Å². The predicted octanol–water partition coefficient (Wildman–Crippen LogP) is 3.18. The zero-order valence-corrected chi connectivity index (χ0v) is 9.19. The van der Waals surface area contributed by atoms with Crippen LogP contribution in [0.25, 0.3) is 0 Å².